The van der Waals surface area contributed by atoms with Crippen LogP contribution in [0.3, 0.4) is 0 Å². The smallest absolute Gasteiger partial charge is 0.299 e. The van der Waals surface area contributed by atoms with Crippen molar-refractivity contribution in [2.24, 2.45) is 0 Å². The fourth-order valence-corrected chi connectivity index (χ4v) is 3.36. The van der Waals surface area contributed by atoms with Gasteiger partial charge in [-0.15, -0.1) is 10.2 Å². The number of aromatic amines is 1. The van der Waals surface area contributed by atoms with Gasteiger partial charge in [0.15, 0.2) is 5.52 Å². The summed E-state index contributed by atoms with van der Waals surface area (Å²) in [7, 11) is 3.85. The van der Waals surface area contributed by atoms with Gasteiger partial charge in [0.25, 0.3) is 11.5 Å². The number of benzene rings is 2. The number of hydrogen-bond donors (Lipinski definition) is 2. The third-order valence-corrected chi connectivity index (χ3v) is 4.99. The number of aromatic nitrogens is 4. The molecule has 148 valence electrons. The number of fused-ring (bicyclic) bond motifs is 3. The van der Waals surface area contributed by atoms with Crippen LogP contribution in [0.25, 0.3) is 27.6 Å². The first-order valence-electron chi connectivity index (χ1n) is 9.43. The maximum Gasteiger partial charge on any atom is 0.299 e. The summed E-state index contributed by atoms with van der Waals surface area (Å²) in [5.41, 5.74) is 2.50. The van der Waals surface area contributed by atoms with Gasteiger partial charge in [0.1, 0.15) is 0 Å². The molecule has 0 fully saturated rings. The zero-order valence-corrected chi connectivity index (χ0v) is 16.5. The normalized spacial score (nSPS) is 12.6. The van der Waals surface area contributed by atoms with Crippen molar-refractivity contribution >= 4 is 27.8 Å². The highest BCUT2D eigenvalue weighted by atomic mass is 16.2. The Balaban J connectivity index is 1.68. The Morgan fingerprint density at radius 3 is 2.55 bits per heavy atom. The van der Waals surface area contributed by atoms with Crippen LogP contribution in [0, 0.1) is 0 Å². The predicted octanol–water partition coefficient (Wildman–Crippen LogP) is 2.29. The van der Waals surface area contributed by atoms with Gasteiger partial charge in [0.2, 0.25) is 0 Å². The van der Waals surface area contributed by atoms with Crippen molar-refractivity contribution in [3.63, 3.8) is 0 Å². The Bertz CT molecular complexity index is 1240. The lowest BCUT2D eigenvalue weighted by molar-refractivity contribution is 0.0887. The topological polar surface area (TPSA) is 95.9 Å². The number of nitrogens with one attached hydrogen (secondary N) is 2. The molecule has 0 aliphatic heterocycles. The Kier molecular flexibility index (Phi) is 4.85. The van der Waals surface area contributed by atoms with E-state index in [1.165, 1.54) is 4.68 Å². The van der Waals surface area contributed by atoms with Crippen LogP contribution in [0.5, 0.6) is 0 Å². The van der Waals surface area contributed by atoms with E-state index < -0.39 is 0 Å². The van der Waals surface area contributed by atoms with E-state index >= 15 is 0 Å². The minimum Gasteiger partial charge on any atom is -0.337 e. The van der Waals surface area contributed by atoms with Crippen molar-refractivity contribution in [1.82, 2.24) is 30.2 Å². The van der Waals surface area contributed by atoms with Gasteiger partial charge in [-0.3, -0.25) is 19.6 Å². The summed E-state index contributed by atoms with van der Waals surface area (Å²) in [5.74, 6) is -0.155. The van der Waals surface area contributed by atoms with Gasteiger partial charge >= 0.3 is 0 Å². The molecule has 2 heterocycles. The second kappa shape index (κ2) is 7.48. The van der Waals surface area contributed by atoms with Crippen LogP contribution in [0.1, 0.15) is 23.7 Å². The monoisotopic (exact) mass is 390 g/mol. The molecule has 4 aromatic rings. The second-order valence-electron chi connectivity index (χ2n) is 7.10. The first-order valence-corrected chi connectivity index (χ1v) is 9.43. The van der Waals surface area contributed by atoms with Crippen LogP contribution < -0.4 is 10.9 Å². The van der Waals surface area contributed by atoms with E-state index in [1.54, 1.807) is 24.3 Å². The van der Waals surface area contributed by atoms with Crippen LogP contribution >= 0.6 is 0 Å². The molecule has 0 bridgehead atoms. The summed E-state index contributed by atoms with van der Waals surface area (Å²) in [4.78, 5) is 27.2. The van der Waals surface area contributed by atoms with E-state index in [4.69, 9.17) is 0 Å². The number of nitrogens with zero attached hydrogens (tertiary/aromatic N) is 4. The SMILES string of the molecule is CCC(NC(=O)c1ccc(-n2[nH]c3c(nnc4ccccc43)c2=O)cc1)N(C)C. The lowest BCUT2D eigenvalue weighted by atomic mass is 10.2. The predicted molar refractivity (Wildman–Crippen MR) is 112 cm³/mol. The first-order chi connectivity index (χ1) is 14.0. The third-order valence-electron chi connectivity index (χ3n) is 4.99. The van der Waals surface area contributed by atoms with Crippen LogP contribution in [-0.4, -0.2) is 51.0 Å². The number of carbonyl (C=O) groups excluding carboxylic acids is 1. The molecule has 0 saturated carbocycles. The van der Waals surface area contributed by atoms with Gasteiger partial charge in [-0.1, -0.05) is 25.1 Å². The van der Waals surface area contributed by atoms with Crippen LogP contribution in [0.15, 0.2) is 53.3 Å². The summed E-state index contributed by atoms with van der Waals surface area (Å²) in [6.45, 7) is 2.02. The first kappa shape index (κ1) is 18.8. The summed E-state index contributed by atoms with van der Waals surface area (Å²) >= 11 is 0. The van der Waals surface area contributed by atoms with Crippen LogP contribution in [0.2, 0.25) is 0 Å². The lowest BCUT2D eigenvalue weighted by Gasteiger charge is -2.24. The molecule has 8 heteroatoms. The van der Waals surface area contributed by atoms with Gasteiger partial charge in [-0.25, -0.2) is 4.68 Å². The molecule has 4 rings (SSSR count). The van der Waals surface area contributed by atoms with Crippen molar-refractivity contribution in [3.8, 4) is 5.69 Å². The van der Waals surface area contributed by atoms with E-state index in [2.05, 4.69) is 20.6 Å². The quantitative estimate of drug-likeness (QED) is 0.510. The highest BCUT2D eigenvalue weighted by Crippen LogP contribution is 2.19. The molecule has 2 N–H and O–H groups in total. The van der Waals surface area contributed by atoms with Gasteiger partial charge in [0, 0.05) is 10.9 Å². The summed E-state index contributed by atoms with van der Waals surface area (Å²) in [5, 5.41) is 15.1. The molecule has 2 aromatic heterocycles. The number of carbonyl (C=O) groups is 1. The molecule has 0 radical (unpaired) electrons. The van der Waals surface area contributed by atoms with E-state index in [-0.39, 0.29) is 23.1 Å². The Morgan fingerprint density at radius 2 is 1.86 bits per heavy atom. The molecule has 2 aromatic carbocycles. The summed E-state index contributed by atoms with van der Waals surface area (Å²) < 4.78 is 1.42. The average Bonchev–Trinajstić information content (AvgIpc) is 3.08. The molecule has 1 amide bonds. The average molecular weight is 390 g/mol. The molecule has 29 heavy (non-hydrogen) atoms. The van der Waals surface area contributed by atoms with Gasteiger partial charge < -0.3 is 5.32 Å². The van der Waals surface area contributed by atoms with Crippen molar-refractivity contribution in [2.75, 3.05) is 14.1 Å². The second-order valence-corrected chi connectivity index (χ2v) is 7.10. The molecule has 0 aliphatic carbocycles. The summed E-state index contributed by atoms with van der Waals surface area (Å²) in [6.07, 6.45) is 0.765. The van der Waals surface area contributed by atoms with Crippen molar-refractivity contribution < 1.29 is 4.79 Å². The standard InChI is InChI=1S/C21H22N6O2/c1-4-17(26(2)3)22-20(28)13-9-11-14(12-10-13)27-21(29)19-18(25-27)15-7-5-6-8-16(15)23-24-19/h5-12,17,25H,4H2,1-3H3,(H,22,28). The van der Waals surface area contributed by atoms with E-state index in [9.17, 15) is 9.59 Å². The highest BCUT2D eigenvalue weighted by molar-refractivity contribution is 6.00. The number of amides is 1. The highest BCUT2D eigenvalue weighted by Gasteiger charge is 2.16. The molecule has 1 atom stereocenters. The molecule has 0 spiro atoms. The van der Waals surface area contributed by atoms with Gasteiger partial charge in [-0.2, -0.15) is 0 Å². The van der Waals surface area contributed by atoms with E-state index in [1.807, 2.05) is 50.2 Å². The fraction of sp³-hybridized carbons (Fsp3) is 0.238. The van der Waals surface area contributed by atoms with Crippen molar-refractivity contribution in [3.05, 3.63) is 64.4 Å². The number of hydrogen-bond acceptors (Lipinski definition) is 5. The summed E-state index contributed by atoms with van der Waals surface area (Å²) in [6, 6.07) is 14.4. The Labute approximate surface area is 167 Å². The molecular formula is C21H22N6O2. The van der Waals surface area contributed by atoms with Crippen molar-refractivity contribution in [2.45, 2.75) is 19.5 Å². The minimum absolute atomic E-state index is 0.0367. The molecule has 0 aliphatic rings. The molecular weight excluding hydrogens is 368 g/mol. The van der Waals surface area contributed by atoms with E-state index in [0.717, 1.165) is 11.8 Å². The minimum atomic E-state index is -0.283. The lowest BCUT2D eigenvalue weighted by Crippen LogP contribution is -2.44. The number of H-pyrrole nitrogens is 1. The molecule has 0 saturated heterocycles. The van der Waals surface area contributed by atoms with Gasteiger partial charge in [0.05, 0.1) is 22.9 Å². The zero-order chi connectivity index (χ0) is 20.5. The molecule has 8 nitrogen and oxygen atoms in total. The molecule has 1 unspecified atom stereocenters. The maximum absolute atomic E-state index is 12.8. The Hall–Kier alpha value is -3.52. The van der Waals surface area contributed by atoms with Crippen molar-refractivity contribution in [1.29, 1.82) is 0 Å². The third kappa shape index (κ3) is 3.38. The maximum atomic E-state index is 12.8. The fourth-order valence-electron chi connectivity index (χ4n) is 3.36. The van der Waals surface area contributed by atoms with Crippen LogP contribution in [-0.2, 0) is 0 Å². The number of rotatable bonds is 5. The Morgan fingerprint density at radius 1 is 1.14 bits per heavy atom. The van der Waals surface area contributed by atoms with Gasteiger partial charge in [-0.05, 0) is 50.8 Å². The largest absolute Gasteiger partial charge is 0.337 e. The van der Waals surface area contributed by atoms with Crippen LogP contribution in [0.4, 0.5) is 0 Å². The van der Waals surface area contributed by atoms with E-state index in [0.29, 0.717) is 22.3 Å². The zero-order valence-electron chi connectivity index (χ0n) is 16.5.